The Hall–Kier alpha value is -1.02. The lowest BCUT2D eigenvalue weighted by molar-refractivity contribution is 0.271. The summed E-state index contributed by atoms with van der Waals surface area (Å²) in [5.41, 5.74) is 1.34. The number of hydrogen-bond donors (Lipinski definition) is 1. The van der Waals surface area contributed by atoms with Gasteiger partial charge in [0.1, 0.15) is 5.75 Å². The lowest BCUT2D eigenvalue weighted by atomic mass is 10.1. The fraction of sp³-hybridized carbons (Fsp3) is 0.667. The van der Waals surface area contributed by atoms with Crippen molar-refractivity contribution in [3.63, 3.8) is 0 Å². The van der Waals surface area contributed by atoms with Crippen LogP contribution in [0.1, 0.15) is 58.1 Å². The molecule has 0 aliphatic heterocycles. The molecular formula is C18H29NO. The van der Waals surface area contributed by atoms with Crippen molar-refractivity contribution in [2.24, 2.45) is 11.8 Å². The predicted molar refractivity (Wildman–Crippen MR) is 85.2 cm³/mol. The Bertz CT molecular complexity index is 381. The summed E-state index contributed by atoms with van der Waals surface area (Å²) in [6.45, 7) is 8.49. The Kier molecular flexibility index (Phi) is 5.90. The van der Waals surface area contributed by atoms with Crippen LogP contribution in [0.25, 0.3) is 0 Å². The van der Waals surface area contributed by atoms with Gasteiger partial charge in [-0.05, 0) is 55.8 Å². The van der Waals surface area contributed by atoms with Gasteiger partial charge in [-0.2, -0.15) is 0 Å². The van der Waals surface area contributed by atoms with E-state index in [1.54, 1.807) is 0 Å². The SMILES string of the molecule is CC(C)COc1ccc(C(C)NCCCC2CC2)cc1. The molecule has 1 unspecified atom stereocenters. The topological polar surface area (TPSA) is 21.3 Å². The molecule has 1 aromatic carbocycles. The molecule has 112 valence electrons. The Morgan fingerprint density at radius 1 is 1.15 bits per heavy atom. The summed E-state index contributed by atoms with van der Waals surface area (Å²) in [4.78, 5) is 0. The van der Waals surface area contributed by atoms with E-state index in [-0.39, 0.29) is 0 Å². The van der Waals surface area contributed by atoms with Crippen molar-refractivity contribution in [2.75, 3.05) is 13.2 Å². The van der Waals surface area contributed by atoms with E-state index in [1.807, 2.05) is 0 Å². The molecule has 1 atom stereocenters. The number of rotatable bonds is 9. The van der Waals surface area contributed by atoms with E-state index in [4.69, 9.17) is 4.74 Å². The molecule has 2 heteroatoms. The van der Waals surface area contributed by atoms with Crippen LogP contribution in [0.2, 0.25) is 0 Å². The highest BCUT2D eigenvalue weighted by Gasteiger charge is 2.20. The maximum absolute atomic E-state index is 5.71. The molecule has 0 bridgehead atoms. The quantitative estimate of drug-likeness (QED) is 0.667. The summed E-state index contributed by atoms with van der Waals surface area (Å²) in [6.07, 6.45) is 5.65. The molecule has 0 radical (unpaired) electrons. The first kappa shape index (κ1) is 15.4. The number of nitrogens with one attached hydrogen (secondary N) is 1. The third-order valence-corrected chi connectivity index (χ3v) is 3.90. The van der Waals surface area contributed by atoms with Crippen LogP contribution in [0, 0.1) is 11.8 Å². The van der Waals surface area contributed by atoms with E-state index in [0.29, 0.717) is 12.0 Å². The van der Waals surface area contributed by atoms with Crippen LogP contribution in [-0.4, -0.2) is 13.2 Å². The van der Waals surface area contributed by atoms with Crippen LogP contribution in [0.15, 0.2) is 24.3 Å². The molecule has 0 spiro atoms. The second kappa shape index (κ2) is 7.68. The summed E-state index contributed by atoms with van der Waals surface area (Å²) in [6, 6.07) is 8.94. The van der Waals surface area contributed by atoms with Gasteiger partial charge in [0.05, 0.1) is 6.61 Å². The first-order valence-electron chi connectivity index (χ1n) is 8.11. The number of hydrogen-bond acceptors (Lipinski definition) is 2. The van der Waals surface area contributed by atoms with Crippen LogP contribution < -0.4 is 10.1 Å². The van der Waals surface area contributed by atoms with Gasteiger partial charge in [-0.25, -0.2) is 0 Å². The average Bonchev–Trinajstić information content (AvgIpc) is 3.26. The molecule has 1 N–H and O–H groups in total. The smallest absolute Gasteiger partial charge is 0.119 e. The first-order valence-corrected chi connectivity index (χ1v) is 8.11. The summed E-state index contributed by atoms with van der Waals surface area (Å²) in [5.74, 6) is 2.59. The van der Waals surface area contributed by atoms with Gasteiger partial charge in [-0.1, -0.05) is 38.8 Å². The van der Waals surface area contributed by atoms with E-state index < -0.39 is 0 Å². The van der Waals surface area contributed by atoms with Crippen LogP contribution in [-0.2, 0) is 0 Å². The van der Waals surface area contributed by atoms with Crippen LogP contribution in [0.3, 0.4) is 0 Å². The summed E-state index contributed by atoms with van der Waals surface area (Å²) in [7, 11) is 0. The van der Waals surface area contributed by atoms with Gasteiger partial charge < -0.3 is 10.1 Å². The van der Waals surface area contributed by atoms with E-state index in [9.17, 15) is 0 Å². The Labute approximate surface area is 123 Å². The second-order valence-electron chi connectivity index (χ2n) is 6.54. The van der Waals surface area contributed by atoms with Crippen molar-refractivity contribution in [2.45, 2.75) is 52.5 Å². The molecule has 2 nitrogen and oxygen atoms in total. The Morgan fingerprint density at radius 2 is 1.85 bits per heavy atom. The maximum Gasteiger partial charge on any atom is 0.119 e. The van der Waals surface area contributed by atoms with E-state index in [0.717, 1.165) is 24.8 Å². The summed E-state index contributed by atoms with van der Waals surface area (Å²) >= 11 is 0. The molecule has 1 aromatic rings. The minimum absolute atomic E-state index is 0.424. The minimum Gasteiger partial charge on any atom is -0.493 e. The third-order valence-electron chi connectivity index (χ3n) is 3.90. The zero-order valence-electron chi connectivity index (χ0n) is 13.2. The van der Waals surface area contributed by atoms with Crippen LogP contribution >= 0.6 is 0 Å². The predicted octanol–water partition coefficient (Wildman–Crippen LogP) is 4.56. The third kappa shape index (κ3) is 5.54. The molecule has 2 rings (SSSR count). The molecule has 1 aliphatic carbocycles. The number of ether oxygens (including phenoxy) is 1. The van der Waals surface area contributed by atoms with Gasteiger partial charge in [0.2, 0.25) is 0 Å². The highest BCUT2D eigenvalue weighted by molar-refractivity contribution is 5.28. The fourth-order valence-corrected chi connectivity index (χ4v) is 2.35. The van der Waals surface area contributed by atoms with Gasteiger partial charge in [-0.3, -0.25) is 0 Å². The largest absolute Gasteiger partial charge is 0.493 e. The van der Waals surface area contributed by atoms with Crippen molar-refractivity contribution in [1.82, 2.24) is 5.32 Å². The lowest BCUT2D eigenvalue weighted by Crippen LogP contribution is -2.19. The molecule has 0 heterocycles. The highest BCUT2D eigenvalue weighted by Crippen LogP contribution is 2.33. The summed E-state index contributed by atoms with van der Waals surface area (Å²) < 4.78 is 5.71. The van der Waals surface area contributed by atoms with Crippen molar-refractivity contribution in [1.29, 1.82) is 0 Å². The Morgan fingerprint density at radius 3 is 2.45 bits per heavy atom. The fourth-order valence-electron chi connectivity index (χ4n) is 2.35. The molecule has 0 amide bonds. The molecular weight excluding hydrogens is 246 g/mol. The average molecular weight is 275 g/mol. The maximum atomic E-state index is 5.71. The van der Waals surface area contributed by atoms with Gasteiger partial charge in [0.15, 0.2) is 0 Å². The van der Waals surface area contributed by atoms with Crippen molar-refractivity contribution in [3.05, 3.63) is 29.8 Å². The molecule has 0 saturated heterocycles. The van der Waals surface area contributed by atoms with E-state index in [1.165, 1.54) is 31.2 Å². The molecule has 20 heavy (non-hydrogen) atoms. The lowest BCUT2D eigenvalue weighted by Gasteiger charge is -2.15. The molecule has 1 aliphatic rings. The van der Waals surface area contributed by atoms with E-state index >= 15 is 0 Å². The standard InChI is InChI=1S/C18H29NO/c1-14(2)13-20-18-10-8-17(9-11-18)15(3)19-12-4-5-16-6-7-16/h8-11,14-16,19H,4-7,12-13H2,1-3H3. The molecule has 1 saturated carbocycles. The second-order valence-corrected chi connectivity index (χ2v) is 6.54. The molecule has 0 aromatic heterocycles. The minimum atomic E-state index is 0.424. The number of benzene rings is 1. The van der Waals surface area contributed by atoms with Gasteiger partial charge >= 0.3 is 0 Å². The van der Waals surface area contributed by atoms with Crippen molar-refractivity contribution in [3.8, 4) is 5.75 Å². The summed E-state index contributed by atoms with van der Waals surface area (Å²) in [5, 5.41) is 3.61. The van der Waals surface area contributed by atoms with Gasteiger partial charge in [0.25, 0.3) is 0 Å². The monoisotopic (exact) mass is 275 g/mol. The normalized spacial score (nSPS) is 16.4. The van der Waals surface area contributed by atoms with Crippen molar-refractivity contribution < 1.29 is 4.74 Å². The molecule has 1 fully saturated rings. The van der Waals surface area contributed by atoms with Gasteiger partial charge in [-0.15, -0.1) is 0 Å². The first-order chi connectivity index (χ1) is 9.65. The van der Waals surface area contributed by atoms with Crippen LogP contribution in [0.4, 0.5) is 0 Å². The van der Waals surface area contributed by atoms with E-state index in [2.05, 4.69) is 50.4 Å². The Balaban J connectivity index is 1.70. The van der Waals surface area contributed by atoms with Gasteiger partial charge in [0, 0.05) is 6.04 Å². The highest BCUT2D eigenvalue weighted by atomic mass is 16.5. The zero-order chi connectivity index (χ0) is 14.4. The van der Waals surface area contributed by atoms with Crippen molar-refractivity contribution >= 4 is 0 Å². The van der Waals surface area contributed by atoms with Crippen LogP contribution in [0.5, 0.6) is 5.75 Å². The zero-order valence-corrected chi connectivity index (χ0v) is 13.2.